The molecule has 0 saturated carbocycles. The van der Waals surface area contributed by atoms with Gasteiger partial charge in [0.15, 0.2) is 0 Å². The molecule has 1 N–H and O–H groups in total. The number of carbonyl (C=O) groups excluding carboxylic acids is 1. The summed E-state index contributed by atoms with van der Waals surface area (Å²) in [6.45, 7) is 3.98. The van der Waals surface area contributed by atoms with E-state index in [0.717, 1.165) is 24.1 Å². The maximum Gasteiger partial charge on any atom is 0.261 e. The first-order valence-electron chi connectivity index (χ1n) is 8.42. The molecule has 0 spiro atoms. The third-order valence-electron chi connectivity index (χ3n) is 4.15. The number of amides is 1. The minimum Gasteiger partial charge on any atom is -0.325 e. The van der Waals surface area contributed by atoms with Crippen molar-refractivity contribution < 1.29 is 4.79 Å². The van der Waals surface area contributed by atoms with Gasteiger partial charge in [0.1, 0.15) is 6.54 Å². The Morgan fingerprint density at radius 1 is 1.16 bits per heavy atom. The smallest absolute Gasteiger partial charge is 0.261 e. The molecule has 5 nitrogen and oxygen atoms in total. The lowest BCUT2D eigenvalue weighted by Gasteiger charge is -2.09. The highest BCUT2D eigenvalue weighted by Gasteiger charge is 2.09. The second-order valence-corrected chi connectivity index (χ2v) is 6.14. The molecule has 1 heterocycles. The Kier molecular flexibility index (Phi) is 4.93. The first kappa shape index (κ1) is 16.9. The van der Waals surface area contributed by atoms with E-state index >= 15 is 0 Å². The first-order chi connectivity index (χ1) is 12.1. The number of carbonyl (C=O) groups is 1. The quantitative estimate of drug-likeness (QED) is 0.778. The Bertz CT molecular complexity index is 959. The Balaban J connectivity index is 1.76. The highest BCUT2D eigenvalue weighted by Crippen LogP contribution is 2.12. The van der Waals surface area contributed by atoms with Gasteiger partial charge in [0.25, 0.3) is 5.56 Å². The van der Waals surface area contributed by atoms with Crippen LogP contribution in [0.15, 0.2) is 53.6 Å². The van der Waals surface area contributed by atoms with Crippen LogP contribution in [0.5, 0.6) is 0 Å². The molecule has 1 amide bonds. The molecule has 0 fully saturated rings. The van der Waals surface area contributed by atoms with E-state index < -0.39 is 0 Å². The molecule has 2 aromatic carbocycles. The molecule has 3 rings (SSSR count). The molecular formula is C20H21N3O2. The van der Waals surface area contributed by atoms with Gasteiger partial charge < -0.3 is 5.32 Å². The number of rotatable bonds is 5. The van der Waals surface area contributed by atoms with Crippen LogP contribution in [0.25, 0.3) is 10.9 Å². The van der Waals surface area contributed by atoms with E-state index in [0.29, 0.717) is 10.9 Å². The molecule has 128 valence electrons. The Hall–Kier alpha value is -2.95. The maximum atomic E-state index is 12.5. The monoisotopic (exact) mass is 335 g/mol. The van der Waals surface area contributed by atoms with Crippen LogP contribution in [0.3, 0.4) is 0 Å². The molecule has 0 saturated heterocycles. The Labute approximate surface area is 146 Å². The lowest BCUT2D eigenvalue weighted by molar-refractivity contribution is -0.116. The number of hydrogen-bond acceptors (Lipinski definition) is 3. The lowest BCUT2D eigenvalue weighted by atomic mass is 10.1. The molecule has 0 unspecified atom stereocenters. The second kappa shape index (κ2) is 7.30. The summed E-state index contributed by atoms with van der Waals surface area (Å²) in [6.07, 6.45) is 3.54. The van der Waals surface area contributed by atoms with Crippen molar-refractivity contribution in [1.29, 1.82) is 0 Å². The fourth-order valence-corrected chi connectivity index (χ4v) is 2.85. The van der Waals surface area contributed by atoms with E-state index in [4.69, 9.17) is 0 Å². The van der Waals surface area contributed by atoms with E-state index in [1.807, 2.05) is 43.3 Å². The normalized spacial score (nSPS) is 10.8. The number of para-hydroxylation sites is 1. The number of hydrogen-bond donors (Lipinski definition) is 1. The van der Waals surface area contributed by atoms with Crippen LogP contribution in [0.4, 0.5) is 5.69 Å². The summed E-state index contributed by atoms with van der Waals surface area (Å²) >= 11 is 0. The zero-order valence-electron chi connectivity index (χ0n) is 14.5. The summed E-state index contributed by atoms with van der Waals surface area (Å²) in [5.41, 5.74) is 3.38. The van der Waals surface area contributed by atoms with E-state index in [2.05, 4.69) is 17.2 Å². The van der Waals surface area contributed by atoms with Crippen molar-refractivity contribution in [1.82, 2.24) is 9.55 Å². The van der Waals surface area contributed by atoms with Crippen molar-refractivity contribution in [2.75, 3.05) is 5.32 Å². The van der Waals surface area contributed by atoms with Gasteiger partial charge in [0.05, 0.1) is 17.2 Å². The largest absolute Gasteiger partial charge is 0.325 e. The second-order valence-electron chi connectivity index (χ2n) is 6.14. The van der Waals surface area contributed by atoms with Gasteiger partial charge in [-0.15, -0.1) is 0 Å². The van der Waals surface area contributed by atoms with E-state index in [1.54, 1.807) is 6.07 Å². The van der Waals surface area contributed by atoms with Crippen LogP contribution >= 0.6 is 0 Å². The molecule has 25 heavy (non-hydrogen) atoms. The minimum absolute atomic E-state index is 0.0631. The fourth-order valence-electron chi connectivity index (χ4n) is 2.85. The van der Waals surface area contributed by atoms with Crippen molar-refractivity contribution >= 4 is 22.5 Å². The van der Waals surface area contributed by atoms with Crippen LogP contribution in [-0.4, -0.2) is 15.5 Å². The van der Waals surface area contributed by atoms with Crippen LogP contribution in [0.2, 0.25) is 0 Å². The number of anilines is 1. The highest BCUT2D eigenvalue weighted by atomic mass is 16.2. The number of aromatic nitrogens is 2. The van der Waals surface area contributed by atoms with Crippen LogP contribution in [0.1, 0.15) is 24.5 Å². The van der Waals surface area contributed by atoms with Gasteiger partial charge >= 0.3 is 0 Å². The van der Waals surface area contributed by atoms with Gasteiger partial charge in [0.2, 0.25) is 5.91 Å². The van der Waals surface area contributed by atoms with Crippen LogP contribution in [0, 0.1) is 6.92 Å². The molecule has 0 atom stereocenters. The Morgan fingerprint density at radius 2 is 1.92 bits per heavy atom. The van der Waals surface area contributed by atoms with Crippen molar-refractivity contribution in [3.8, 4) is 0 Å². The molecule has 0 aliphatic carbocycles. The molecule has 0 bridgehead atoms. The third kappa shape index (κ3) is 3.76. The molecule has 1 aromatic heterocycles. The number of fused-ring (bicyclic) bond motifs is 1. The van der Waals surface area contributed by atoms with Crippen molar-refractivity contribution in [2.24, 2.45) is 0 Å². The summed E-state index contributed by atoms with van der Waals surface area (Å²) in [7, 11) is 0. The maximum absolute atomic E-state index is 12.5. The summed E-state index contributed by atoms with van der Waals surface area (Å²) in [6, 6.07) is 13.2. The van der Waals surface area contributed by atoms with Gasteiger partial charge in [-0.05, 0) is 42.7 Å². The van der Waals surface area contributed by atoms with Gasteiger partial charge in [-0.25, -0.2) is 4.98 Å². The summed E-state index contributed by atoms with van der Waals surface area (Å²) in [5, 5.41) is 3.35. The lowest BCUT2D eigenvalue weighted by Crippen LogP contribution is -2.28. The summed E-state index contributed by atoms with van der Waals surface area (Å²) < 4.78 is 1.34. The molecule has 0 aliphatic rings. The molecule has 0 aliphatic heterocycles. The zero-order valence-corrected chi connectivity index (χ0v) is 14.5. The van der Waals surface area contributed by atoms with Gasteiger partial charge in [-0.2, -0.15) is 0 Å². The fraction of sp³-hybridized carbons (Fsp3) is 0.250. The van der Waals surface area contributed by atoms with Crippen molar-refractivity contribution in [3.63, 3.8) is 0 Å². The average molecular weight is 335 g/mol. The van der Waals surface area contributed by atoms with Gasteiger partial charge in [0, 0.05) is 5.69 Å². The average Bonchev–Trinajstić information content (AvgIpc) is 2.60. The standard InChI is InChI=1S/C20H21N3O2/c1-3-5-15-8-10-16(11-9-15)22-18(24)12-23-13-21-19-14(2)6-4-7-17(19)20(23)25/h4,6-11,13H,3,5,12H2,1-2H3,(H,22,24). The predicted octanol–water partition coefficient (Wildman–Crippen LogP) is 3.30. The number of aryl methyl sites for hydroxylation is 2. The van der Waals surface area contributed by atoms with Gasteiger partial charge in [-0.3, -0.25) is 14.2 Å². The third-order valence-corrected chi connectivity index (χ3v) is 4.15. The Morgan fingerprint density at radius 3 is 2.64 bits per heavy atom. The van der Waals surface area contributed by atoms with E-state index in [1.165, 1.54) is 16.5 Å². The highest BCUT2D eigenvalue weighted by molar-refractivity contribution is 5.90. The molecule has 3 aromatic rings. The topological polar surface area (TPSA) is 64.0 Å². The predicted molar refractivity (Wildman–Crippen MR) is 99.8 cm³/mol. The summed E-state index contributed by atoms with van der Waals surface area (Å²) in [5.74, 6) is -0.251. The number of benzene rings is 2. The van der Waals surface area contributed by atoms with Crippen LogP contribution < -0.4 is 10.9 Å². The van der Waals surface area contributed by atoms with E-state index in [-0.39, 0.29) is 18.0 Å². The first-order valence-corrected chi connectivity index (χ1v) is 8.42. The molecule has 0 radical (unpaired) electrons. The van der Waals surface area contributed by atoms with Crippen molar-refractivity contribution in [3.05, 3.63) is 70.3 Å². The van der Waals surface area contributed by atoms with Crippen molar-refractivity contribution in [2.45, 2.75) is 33.2 Å². The molecular weight excluding hydrogens is 314 g/mol. The minimum atomic E-state index is -0.251. The van der Waals surface area contributed by atoms with Crippen LogP contribution in [-0.2, 0) is 17.8 Å². The zero-order chi connectivity index (χ0) is 17.8. The number of nitrogens with one attached hydrogen (secondary N) is 1. The van der Waals surface area contributed by atoms with E-state index in [9.17, 15) is 9.59 Å². The number of nitrogens with zero attached hydrogens (tertiary/aromatic N) is 2. The van der Waals surface area contributed by atoms with Gasteiger partial charge in [-0.1, -0.05) is 37.6 Å². The SMILES string of the molecule is CCCc1ccc(NC(=O)Cn2cnc3c(C)cccc3c2=O)cc1. The molecule has 5 heteroatoms. The summed E-state index contributed by atoms with van der Waals surface area (Å²) in [4.78, 5) is 29.1.